The van der Waals surface area contributed by atoms with Crippen LogP contribution in [0.4, 0.5) is 0 Å². The number of nitrogens with one attached hydrogen (secondary N) is 1. The Bertz CT molecular complexity index is 214. The van der Waals surface area contributed by atoms with E-state index in [1.54, 1.807) is 0 Å². The molecule has 0 spiro atoms. The van der Waals surface area contributed by atoms with Crippen LogP contribution in [0, 0.1) is 11.3 Å². The van der Waals surface area contributed by atoms with Crippen molar-refractivity contribution in [3.63, 3.8) is 0 Å². The predicted molar refractivity (Wildman–Crippen MR) is 53.5 cm³/mol. The Balaban J connectivity index is 2.31. The second-order valence-corrected chi connectivity index (χ2v) is 5.21. The topological polar surface area (TPSA) is 32.3 Å². The summed E-state index contributed by atoms with van der Waals surface area (Å²) in [6.45, 7) is 7.71. The summed E-state index contributed by atoms with van der Waals surface area (Å²) < 4.78 is 0. The zero-order chi connectivity index (χ0) is 9.69. The van der Waals surface area contributed by atoms with Gasteiger partial charge in [-0.25, -0.2) is 0 Å². The molecule has 2 fully saturated rings. The van der Waals surface area contributed by atoms with Gasteiger partial charge in [-0.2, -0.15) is 0 Å². The molecule has 0 aromatic heterocycles. The number of aliphatic hydroxyl groups is 1. The monoisotopic (exact) mass is 183 g/mol. The van der Waals surface area contributed by atoms with Crippen molar-refractivity contribution in [3.05, 3.63) is 0 Å². The quantitative estimate of drug-likeness (QED) is 0.680. The van der Waals surface area contributed by atoms with Gasteiger partial charge in [0.15, 0.2) is 0 Å². The minimum absolute atomic E-state index is 0.0203. The Labute approximate surface area is 80.7 Å². The second kappa shape index (κ2) is 2.71. The van der Waals surface area contributed by atoms with E-state index in [-0.39, 0.29) is 17.1 Å². The normalized spacial score (nSPS) is 47.1. The van der Waals surface area contributed by atoms with Gasteiger partial charge >= 0.3 is 0 Å². The Morgan fingerprint density at radius 2 is 2.15 bits per heavy atom. The van der Waals surface area contributed by atoms with Crippen molar-refractivity contribution >= 4 is 0 Å². The highest BCUT2D eigenvalue weighted by Gasteiger charge is 2.63. The van der Waals surface area contributed by atoms with Crippen molar-refractivity contribution in [2.45, 2.75) is 51.7 Å². The standard InChI is InChI=1S/C11H21NO/c1-4-12-11-6-5-8(7-9(11)13)10(11,2)3/h8-9,12-13H,4-7H2,1-3H3/t8-,9-,11+/m1/s1. The molecule has 0 saturated heterocycles. The summed E-state index contributed by atoms with van der Waals surface area (Å²) in [4.78, 5) is 0. The van der Waals surface area contributed by atoms with E-state index in [4.69, 9.17) is 0 Å². The number of fused-ring (bicyclic) bond motifs is 2. The van der Waals surface area contributed by atoms with Crippen molar-refractivity contribution in [1.29, 1.82) is 0 Å². The first-order valence-corrected chi connectivity index (χ1v) is 5.47. The van der Waals surface area contributed by atoms with E-state index in [0.29, 0.717) is 0 Å². The molecular weight excluding hydrogens is 162 g/mol. The number of likely N-dealkylation sites (N-methyl/N-ethyl adjacent to an activating group) is 1. The maximum Gasteiger partial charge on any atom is 0.0729 e. The van der Waals surface area contributed by atoms with Gasteiger partial charge in [-0.05, 0) is 37.1 Å². The summed E-state index contributed by atoms with van der Waals surface area (Å²) in [5.74, 6) is 0.724. The van der Waals surface area contributed by atoms with Gasteiger partial charge in [0.1, 0.15) is 0 Å². The molecule has 2 nitrogen and oxygen atoms in total. The number of rotatable bonds is 2. The van der Waals surface area contributed by atoms with Crippen LogP contribution in [-0.4, -0.2) is 23.3 Å². The molecule has 0 heterocycles. The maximum atomic E-state index is 10.1. The SMILES string of the molecule is CCN[C@@]12CC[C@H](C[C@H]1O)C2(C)C. The lowest BCUT2D eigenvalue weighted by Gasteiger charge is -2.41. The summed E-state index contributed by atoms with van der Waals surface area (Å²) in [5.41, 5.74) is 0.300. The fourth-order valence-electron chi connectivity index (χ4n) is 3.68. The van der Waals surface area contributed by atoms with Crippen LogP contribution in [0.5, 0.6) is 0 Å². The van der Waals surface area contributed by atoms with Gasteiger partial charge in [0.2, 0.25) is 0 Å². The summed E-state index contributed by atoms with van der Waals surface area (Å²) in [6.07, 6.45) is 3.32. The Kier molecular flexibility index (Phi) is 1.97. The lowest BCUT2D eigenvalue weighted by molar-refractivity contribution is 0.0394. The van der Waals surface area contributed by atoms with E-state index >= 15 is 0 Å². The maximum absolute atomic E-state index is 10.1. The molecule has 2 aliphatic rings. The van der Waals surface area contributed by atoms with Crippen LogP contribution in [0.2, 0.25) is 0 Å². The highest BCUT2D eigenvalue weighted by Crippen LogP contribution is 2.59. The van der Waals surface area contributed by atoms with Crippen molar-refractivity contribution in [3.8, 4) is 0 Å². The molecule has 2 rings (SSSR count). The predicted octanol–water partition coefficient (Wildman–Crippen LogP) is 1.54. The average molecular weight is 183 g/mol. The molecule has 0 radical (unpaired) electrons. The Morgan fingerprint density at radius 3 is 2.54 bits per heavy atom. The molecule has 2 aliphatic carbocycles. The zero-order valence-corrected chi connectivity index (χ0v) is 8.93. The molecule has 13 heavy (non-hydrogen) atoms. The van der Waals surface area contributed by atoms with Gasteiger partial charge in [-0.15, -0.1) is 0 Å². The van der Waals surface area contributed by atoms with Crippen LogP contribution < -0.4 is 5.32 Å². The van der Waals surface area contributed by atoms with Gasteiger partial charge in [0.05, 0.1) is 6.10 Å². The van der Waals surface area contributed by atoms with E-state index < -0.39 is 0 Å². The summed E-state index contributed by atoms with van der Waals surface area (Å²) in [7, 11) is 0. The molecule has 0 aromatic rings. The number of hydrogen-bond acceptors (Lipinski definition) is 2. The molecule has 0 amide bonds. The first-order valence-electron chi connectivity index (χ1n) is 5.47. The fourth-order valence-corrected chi connectivity index (χ4v) is 3.68. The molecule has 0 unspecified atom stereocenters. The molecule has 76 valence electrons. The van der Waals surface area contributed by atoms with E-state index in [0.717, 1.165) is 25.3 Å². The lowest BCUT2D eigenvalue weighted by atomic mass is 9.75. The van der Waals surface area contributed by atoms with Crippen LogP contribution in [0.1, 0.15) is 40.0 Å². The van der Waals surface area contributed by atoms with Crippen molar-refractivity contribution in [2.24, 2.45) is 11.3 Å². The fraction of sp³-hybridized carbons (Fsp3) is 1.00. The van der Waals surface area contributed by atoms with Crippen LogP contribution in [0.3, 0.4) is 0 Å². The largest absolute Gasteiger partial charge is 0.391 e. The van der Waals surface area contributed by atoms with Gasteiger partial charge in [0, 0.05) is 5.54 Å². The molecule has 2 saturated carbocycles. The highest BCUT2D eigenvalue weighted by atomic mass is 16.3. The van der Waals surface area contributed by atoms with Crippen molar-refractivity contribution < 1.29 is 5.11 Å². The lowest BCUT2D eigenvalue weighted by Crippen LogP contribution is -2.57. The minimum Gasteiger partial charge on any atom is -0.391 e. The van der Waals surface area contributed by atoms with Crippen LogP contribution in [-0.2, 0) is 0 Å². The van der Waals surface area contributed by atoms with E-state index in [9.17, 15) is 5.11 Å². The highest BCUT2D eigenvalue weighted by molar-refractivity contribution is 5.18. The molecule has 2 N–H and O–H groups in total. The van der Waals surface area contributed by atoms with Gasteiger partial charge in [-0.3, -0.25) is 0 Å². The van der Waals surface area contributed by atoms with Gasteiger partial charge < -0.3 is 10.4 Å². The summed E-state index contributed by atoms with van der Waals surface area (Å²) >= 11 is 0. The second-order valence-electron chi connectivity index (χ2n) is 5.21. The zero-order valence-electron chi connectivity index (χ0n) is 8.93. The van der Waals surface area contributed by atoms with E-state index in [1.165, 1.54) is 6.42 Å². The third-order valence-electron chi connectivity index (χ3n) is 4.63. The summed E-state index contributed by atoms with van der Waals surface area (Å²) in [5, 5.41) is 13.6. The number of aliphatic hydroxyl groups excluding tert-OH is 1. The molecule has 0 aromatic carbocycles. The first-order chi connectivity index (χ1) is 6.04. The first kappa shape index (κ1) is 9.47. The third kappa shape index (κ3) is 0.962. The molecule has 0 aliphatic heterocycles. The van der Waals surface area contributed by atoms with Gasteiger partial charge in [-0.1, -0.05) is 20.8 Å². The Hall–Kier alpha value is -0.0800. The van der Waals surface area contributed by atoms with Crippen molar-refractivity contribution in [1.82, 2.24) is 5.32 Å². The molecule has 2 bridgehead atoms. The number of hydrogen-bond donors (Lipinski definition) is 2. The van der Waals surface area contributed by atoms with E-state index in [1.807, 2.05) is 0 Å². The summed E-state index contributed by atoms with van der Waals surface area (Å²) in [6, 6.07) is 0. The smallest absolute Gasteiger partial charge is 0.0729 e. The minimum atomic E-state index is -0.124. The van der Waals surface area contributed by atoms with Crippen LogP contribution in [0.15, 0.2) is 0 Å². The third-order valence-corrected chi connectivity index (χ3v) is 4.63. The Morgan fingerprint density at radius 1 is 1.46 bits per heavy atom. The molecule has 3 atom stereocenters. The molecule has 2 heteroatoms. The van der Waals surface area contributed by atoms with Crippen molar-refractivity contribution in [2.75, 3.05) is 6.54 Å². The van der Waals surface area contributed by atoms with Gasteiger partial charge in [0.25, 0.3) is 0 Å². The van der Waals surface area contributed by atoms with Crippen LogP contribution >= 0.6 is 0 Å². The van der Waals surface area contributed by atoms with Crippen LogP contribution in [0.25, 0.3) is 0 Å². The van der Waals surface area contributed by atoms with E-state index in [2.05, 4.69) is 26.1 Å². The average Bonchev–Trinajstić information content (AvgIpc) is 2.38. The molecular formula is C11H21NO.